The molecule has 1 fully saturated rings. The SMILES string of the molecule is N=C(N)c1ccc(-c2ccc(OC[C@@H]3C[C@@H](CC(=O)O)CN3)cc2)cc1. The van der Waals surface area contributed by atoms with Gasteiger partial charge in [0, 0.05) is 18.0 Å². The van der Waals surface area contributed by atoms with E-state index in [9.17, 15) is 4.79 Å². The monoisotopic (exact) mass is 353 g/mol. The summed E-state index contributed by atoms with van der Waals surface area (Å²) < 4.78 is 5.83. The standard InChI is InChI=1S/C20H23N3O3/c21-20(22)16-3-1-14(2-4-16)15-5-7-18(8-6-15)26-12-17-9-13(11-23-17)10-19(24)25/h1-8,13,17,23H,9-12H2,(H3,21,22)(H,24,25)/t13-,17-/m0/s1. The molecule has 3 rings (SSSR count). The van der Waals surface area contributed by atoms with Crippen LogP contribution < -0.4 is 15.8 Å². The van der Waals surface area contributed by atoms with Crippen LogP contribution in [0.1, 0.15) is 18.4 Å². The number of nitrogens with two attached hydrogens (primary N) is 1. The van der Waals surface area contributed by atoms with Gasteiger partial charge in [-0.2, -0.15) is 0 Å². The van der Waals surface area contributed by atoms with Crippen LogP contribution in [-0.4, -0.2) is 36.1 Å². The summed E-state index contributed by atoms with van der Waals surface area (Å²) in [5, 5.41) is 19.6. The molecule has 0 radical (unpaired) electrons. The number of aliphatic carboxylic acids is 1. The van der Waals surface area contributed by atoms with E-state index < -0.39 is 5.97 Å². The molecule has 26 heavy (non-hydrogen) atoms. The van der Waals surface area contributed by atoms with E-state index in [0.717, 1.165) is 29.8 Å². The lowest BCUT2D eigenvalue weighted by molar-refractivity contribution is -0.137. The molecule has 0 aromatic heterocycles. The van der Waals surface area contributed by atoms with Gasteiger partial charge in [0.05, 0.1) is 0 Å². The molecule has 1 heterocycles. The lowest BCUT2D eigenvalue weighted by Crippen LogP contribution is -2.28. The maximum atomic E-state index is 10.8. The molecule has 0 amide bonds. The molecule has 1 aliphatic heterocycles. The van der Waals surface area contributed by atoms with E-state index in [0.29, 0.717) is 12.2 Å². The van der Waals surface area contributed by atoms with Crippen LogP contribution >= 0.6 is 0 Å². The Labute approximate surface area is 152 Å². The predicted molar refractivity (Wildman–Crippen MR) is 101 cm³/mol. The molecular weight excluding hydrogens is 330 g/mol. The highest BCUT2D eigenvalue weighted by molar-refractivity contribution is 5.95. The summed E-state index contributed by atoms with van der Waals surface area (Å²) in [6, 6.07) is 15.6. The van der Waals surface area contributed by atoms with E-state index >= 15 is 0 Å². The van der Waals surface area contributed by atoms with E-state index in [1.165, 1.54) is 0 Å². The Bertz CT molecular complexity index is 772. The second-order valence-corrected chi connectivity index (χ2v) is 6.63. The van der Waals surface area contributed by atoms with Crippen LogP contribution in [0.25, 0.3) is 11.1 Å². The second-order valence-electron chi connectivity index (χ2n) is 6.63. The van der Waals surface area contributed by atoms with Gasteiger partial charge in [-0.05, 0) is 42.1 Å². The van der Waals surface area contributed by atoms with Crippen molar-refractivity contribution in [3.63, 3.8) is 0 Å². The molecular formula is C20H23N3O3. The summed E-state index contributed by atoms with van der Waals surface area (Å²) in [5.74, 6) is 0.288. The first-order chi connectivity index (χ1) is 12.5. The van der Waals surface area contributed by atoms with E-state index in [4.69, 9.17) is 21.0 Å². The normalized spacial score (nSPS) is 19.2. The van der Waals surface area contributed by atoms with Crippen molar-refractivity contribution in [1.29, 1.82) is 5.41 Å². The fourth-order valence-corrected chi connectivity index (χ4v) is 3.21. The number of nitrogens with one attached hydrogen (secondary N) is 2. The van der Waals surface area contributed by atoms with Gasteiger partial charge in [-0.15, -0.1) is 0 Å². The summed E-state index contributed by atoms with van der Waals surface area (Å²) in [6.45, 7) is 1.26. The summed E-state index contributed by atoms with van der Waals surface area (Å²) in [7, 11) is 0. The topological polar surface area (TPSA) is 108 Å². The minimum Gasteiger partial charge on any atom is -0.492 e. The smallest absolute Gasteiger partial charge is 0.303 e. The number of amidine groups is 1. The zero-order valence-corrected chi connectivity index (χ0v) is 14.4. The fraction of sp³-hybridized carbons (Fsp3) is 0.300. The van der Waals surface area contributed by atoms with Gasteiger partial charge in [0.15, 0.2) is 0 Å². The van der Waals surface area contributed by atoms with Crippen LogP contribution in [0.15, 0.2) is 48.5 Å². The lowest BCUT2D eigenvalue weighted by Gasteiger charge is -2.13. The van der Waals surface area contributed by atoms with Crippen molar-refractivity contribution >= 4 is 11.8 Å². The van der Waals surface area contributed by atoms with Gasteiger partial charge in [0.1, 0.15) is 18.2 Å². The zero-order chi connectivity index (χ0) is 18.5. The Morgan fingerprint density at radius 1 is 1.15 bits per heavy atom. The number of hydrogen-bond acceptors (Lipinski definition) is 4. The number of hydrogen-bond donors (Lipinski definition) is 4. The molecule has 5 N–H and O–H groups in total. The van der Waals surface area contributed by atoms with Gasteiger partial charge >= 0.3 is 5.97 Å². The number of rotatable bonds is 7. The number of ether oxygens (including phenoxy) is 1. The lowest BCUT2D eigenvalue weighted by atomic mass is 10.0. The number of benzene rings is 2. The van der Waals surface area contributed by atoms with Crippen LogP contribution in [-0.2, 0) is 4.79 Å². The van der Waals surface area contributed by atoms with Crippen molar-refractivity contribution in [3.8, 4) is 16.9 Å². The van der Waals surface area contributed by atoms with E-state index in [1.807, 2.05) is 48.5 Å². The van der Waals surface area contributed by atoms with Gasteiger partial charge in [-0.1, -0.05) is 36.4 Å². The van der Waals surface area contributed by atoms with Gasteiger partial charge in [0.2, 0.25) is 0 Å². The van der Waals surface area contributed by atoms with Crippen molar-refractivity contribution in [3.05, 3.63) is 54.1 Å². The molecule has 0 bridgehead atoms. The van der Waals surface area contributed by atoms with Crippen molar-refractivity contribution < 1.29 is 14.6 Å². The molecule has 0 aliphatic carbocycles. The molecule has 1 aliphatic rings. The highest BCUT2D eigenvalue weighted by Gasteiger charge is 2.26. The quantitative estimate of drug-likeness (QED) is 0.452. The first-order valence-corrected chi connectivity index (χ1v) is 8.64. The summed E-state index contributed by atoms with van der Waals surface area (Å²) in [6.07, 6.45) is 1.04. The molecule has 1 saturated heterocycles. The number of nitrogen functional groups attached to an aromatic ring is 1. The minimum atomic E-state index is -0.745. The van der Waals surface area contributed by atoms with Crippen LogP contribution in [0.2, 0.25) is 0 Å². The Hall–Kier alpha value is -2.86. The molecule has 136 valence electrons. The Balaban J connectivity index is 1.53. The van der Waals surface area contributed by atoms with Crippen LogP contribution in [0.3, 0.4) is 0 Å². The Kier molecular flexibility index (Phi) is 5.53. The second kappa shape index (κ2) is 8.01. The highest BCUT2D eigenvalue weighted by Crippen LogP contribution is 2.24. The summed E-state index contributed by atoms with van der Waals surface area (Å²) >= 11 is 0. The number of carbonyl (C=O) groups is 1. The molecule has 0 unspecified atom stereocenters. The molecule has 0 saturated carbocycles. The third-order valence-electron chi connectivity index (χ3n) is 4.61. The van der Waals surface area contributed by atoms with E-state index in [-0.39, 0.29) is 24.2 Å². The van der Waals surface area contributed by atoms with Crippen molar-refractivity contribution in [2.24, 2.45) is 11.7 Å². The average molecular weight is 353 g/mol. The number of carboxylic acids is 1. The first kappa shape index (κ1) is 17.9. The van der Waals surface area contributed by atoms with Gasteiger partial charge < -0.3 is 20.9 Å². The van der Waals surface area contributed by atoms with E-state index in [2.05, 4.69) is 5.32 Å². The number of carboxylic acid groups (broad SMARTS) is 1. The average Bonchev–Trinajstić information content (AvgIpc) is 3.07. The summed E-state index contributed by atoms with van der Waals surface area (Å²) in [4.78, 5) is 10.8. The molecule has 2 atom stereocenters. The minimum absolute atomic E-state index is 0.0615. The van der Waals surface area contributed by atoms with Crippen LogP contribution in [0, 0.1) is 11.3 Å². The first-order valence-electron chi connectivity index (χ1n) is 8.64. The van der Waals surface area contributed by atoms with E-state index in [1.54, 1.807) is 0 Å². The maximum absolute atomic E-state index is 10.8. The van der Waals surface area contributed by atoms with Crippen molar-refractivity contribution in [1.82, 2.24) is 5.32 Å². The summed E-state index contributed by atoms with van der Waals surface area (Å²) in [5.41, 5.74) is 8.29. The largest absolute Gasteiger partial charge is 0.492 e. The van der Waals surface area contributed by atoms with Gasteiger partial charge in [-0.3, -0.25) is 10.2 Å². The third-order valence-corrected chi connectivity index (χ3v) is 4.61. The molecule has 2 aromatic rings. The Morgan fingerprint density at radius 3 is 2.35 bits per heavy atom. The molecule has 2 aromatic carbocycles. The van der Waals surface area contributed by atoms with Gasteiger partial charge in [0.25, 0.3) is 0 Å². The molecule has 0 spiro atoms. The zero-order valence-electron chi connectivity index (χ0n) is 14.4. The molecule has 6 heteroatoms. The van der Waals surface area contributed by atoms with Crippen molar-refractivity contribution in [2.75, 3.05) is 13.2 Å². The van der Waals surface area contributed by atoms with Crippen molar-refractivity contribution in [2.45, 2.75) is 18.9 Å². The maximum Gasteiger partial charge on any atom is 0.303 e. The van der Waals surface area contributed by atoms with Gasteiger partial charge in [-0.25, -0.2) is 0 Å². The van der Waals surface area contributed by atoms with Crippen LogP contribution in [0.5, 0.6) is 5.75 Å². The fourth-order valence-electron chi connectivity index (χ4n) is 3.21. The predicted octanol–water partition coefficient (Wildman–Crippen LogP) is 2.47. The molecule has 6 nitrogen and oxygen atoms in total. The Morgan fingerprint density at radius 2 is 1.77 bits per heavy atom. The van der Waals surface area contributed by atoms with Crippen LogP contribution in [0.4, 0.5) is 0 Å². The third kappa shape index (κ3) is 4.61. The highest BCUT2D eigenvalue weighted by atomic mass is 16.5.